The minimum atomic E-state index is 0.105. The van der Waals surface area contributed by atoms with E-state index in [1.54, 1.807) is 20.4 Å². The zero-order valence-electron chi connectivity index (χ0n) is 10.5. The van der Waals surface area contributed by atoms with Crippen molar-refractivity contribution in [3.63, 3.8) is 0 Å². The van der Waals surface area contributed by atoms with E-state index in [0.29, 0.717) is 0 Å². The Morgan fingerprint density at radius 1 is 1.28 bits per heavy atom. The van der Waals surface area contributed by atoms with Gasteiger partial charge in [0.15, 0.2) is 0 Å². The Balaban J connectivity index is 2.21. The van der Waals surface area contributed by atoms with Crippen LogP contribution >= 0.6 is 11.5 Å². The van der Waals surface area contributed by atoms with Crippen molar-refractivity contribution in [1.29, 1.82) is 0 Å². The number of anilines is 1. The number of aromatic nitrogens is 2. The van der Waals surface area contributed by atoms with E-state index in [2.05, 4.69) is 21.8 Å². The Bertz CT molecular complexity index is 502. The highest BCUT2D eigenvalue weighted by molar-refractivity contribution is 7.09. The zero-order valence-corrected chi connectivity index (χ0v) is 11.3. The molecule has 1 atom stereocenters. The molecule has 0 saturated carbocycles. The molecule has 1 unspecified atom stereocenters. The first-order valence-electron chi connectivity index (χ1n) is 5.50. The molecule has 5 nitrogen and oxygen atoms in total. The molecule has 0 radical (unpaired) electrons. The van der Waals surface area contributed by atoms with Gasteiger partial charge in [-0.05, 0) is 19.1 Å². The summed E-state index contributed by atoms with van der Waals surface area (Å²) in [6.07, 6.45) is 1.71. The maximum atomic E-state index is 5.38. The lowest BCUT2D eigenvalue weighted by Crippen LogP contribution is -2.07. The summed E-state index contributed by atoms with van der Waals surface area (Å²) in [4.78, 5) is 0. The van der Waals surface area contributed by atoms with Crippen LogP contribution in [0.25, 0.3) is 0 Å². The summed E-state index contributed by atoms with van der Waals surface area (Å²) in [5.41, 5.74) is 1.06. The molecule has 1 aromatic heterocycles. The summed E-state index contributed by atoms with van der Waals surface area (Å²) in [6.45, 7) is 2.06. The van der Waals surface area contributed by atoms with Crippen LogP contribution in [0.5, 0.6) is 11.5 Å². The number of nitrogens with zero attached hydrogens (tertiary/aromatic N) is 2. The van der Waals surface area contributed by atoms with Gasteiger partial charge in [-0.1, -0.05) is 4.49 Å². The standard InChI is InChI=1S/C12H15N3O2S/c1-8(14-12-7-13-15-18-12)10-5-4-9(16-2)6-11(10)17-3/h4-8,14H,1-3H3. The highest BCUT2D eigenvalue weighted by Crippen LogP contribution is 2.31. The van der Waals surface area contributed by atoms with Crippen molar-refractivity contribution in [3.05, 3.63) is 30.0 Å². The average Bonchev–Trinajstić information content (AvgIpc) is 2.90. The van der Waals surface area contributed by atoms with Gasteiger partial charge in [0.2, 0.25) is 0 Å². The number of nitrogens with one attached hydrogen (secondary N) is 1. The number of benzene rings is 1. The molecule has 2 rings (SSSR count). The molecule has 2 aromatic rings. The van der Waals surface area contributed by atoms with Crippen LogP contribution in [0.2, 0.25) is 0 Å². The van der Waals surface area contributed by atoms with Gasteiger partial charge in [-0.15, -0.1) is 5.10 Å². The first-order chi connectivity index (χ1) is 8.74. The lowest BCUT2D eigenvalue weighted by Gasteiger charge is -2.17. The van der Waals surface area contributed by atoms with Crippen molar-refractivity contribution < 1.29 is 9.47 Å². The second-order valence-corrected chi connectivity index (χ2v) is 4.54. The fourth-order valence-corrected chi connectivity index (χ4v) is 2.20. The molecule has 18 heavy (non-hydrogen) atoms. The fourth-order valence-electron chi connectivity index (χ4n) is 1.70. The Hall–Kier alpha value is -1.82. The third-order valence-corrected chi connectivity index (χ3v) is 3.22. The Morgan fingerprint density at radius 2 is 2.11 bits per heavy atom. The van der Waals surface area contributed by atoms with Gasteiger partial charge in [0.05, 0.1) is 26.5 Å². The predicted molar refractivity (Wildman–Crippen MR) is 71.5 cm³/mol. The van der Waals surface area contributed by atoms with Gasteiger partial charge in [-0.3, -0.25) is 0 Å². The molecular weight excluding hydrogens is 250 g/mol. The summed E-state index contributed by atoms with van der Waals surface area (Å²) in [6, 6.07) is 5.89. The SMILES string of the molecule is COc1ccc(C(C)Nc2cnns2)c(OC)c1. The summed E-state index contributed by atoms with van der Waals surface area (Å²) in [7, 11) is 3.29. The van der Waals surface area contributed by atoms with Crippen molar-refractivity contribution in [2.45, 2.75) is 13.0 Å². The number of hydrogen-bond acceptors (Lipinski definition) is 6. The maximum Gasteiger partial charge on any atom is 0.130 e. The van der Waals surface area contributed by atoms with Crippen molar-refractivity contribution in [2.75, 3.05) is 19.5 Å². The van der Waals surface area contributed by atoms with Gasteiger partial charge in [0.1, 0.15) is 16.5 Å². The first kappa shape index (κ1) is 12.6. The summed E-state index contributed by atoms with van der Waals surface area (Å²) in [5, 5.41) is 8.05. The van der Waals surface area contributed by atoms with Gasteiger partial charge >= 0.3 is 0 Å². The average molecular weight is 265 g/mol. The van der Waals surface area contributed by atoms with Crippen LogP contribution in [0.1, 0.15) is 18.5 Å². The molecule has 0 fully saturated rings. The fraction of sp³-hybridized carbons (Fsp3) is 0.333. The second kappa shape index (κ2) is 5.68. The van der Waals surface area contributed by atoms with Gasteiger partial charge in [-0.2, -0.15) is 0 Å². The maximum absolute atomic E-state index is 5.38. The normalized spacial score (nSPS) is 11.9. The molecule has 0 saturated heterocycles. The molecular formula is C12H15N3O2S. The van der Waals surface area contributed by atoms with Crippen molar-refractivity contribution in [2.24, 2.45) is 0 Å². The van der Waals surface area contributed by atoms with E-state index in [-0.39, 0.29) is 6.04 Å². The smallest absolute Gasteiger partial charge is 0.130 e. The molecule has 0 amide bonds. The summed E-state index contributed by atoms with van der Waals surface area (Å²) < 4.78 is 14.4. The van der Waals surface area contributed by atoms with Crippen LogP contribution in [-0.2, 0) is 0 Å². The van der Waals surface area contributed by atoms with E-state index in [1.807, 2.05) is 18.2 Å². The minimum absolute atomic E-state index is 0.105. The molecule has 0 aliphatic carbocycles. The molecule has 6 heteroatoms. The van der Waals surface area contributed by atoms with E-state index in [0.717, 1.165) is 22.1 Å². The monoisotopic (exact) mass is 265 g/mol. The van der Waals surface area contributed by atoms with Crippen LogP contribution < -0.4 is 14.8 Å². The van der Waals surface area contributed by atoms with Crippen molar-refractivity contribution >= 4 is 16.5 Å². The summed E-state index contributed by atoms with van der Waals surface area (Å²) in [5.74, 6) is 1.58. The number of hydrogen-bond donors (Lipinski definition) is 1. The Morgan fingerprint density at radius 3 is 2.72 bits per heavy atom. The molecule has 1 heterocycles. The lowest BCUT2D eigenvalue weighted by molar-refractivity contribution is 0.390. The van der Waals surface area contributed by atoms with Crippen LogP contribution in [0, 0.1) is 0 Å². The van der Waals surface area contributed by atoms with Crippen LogP contribution in [-0.4, -0.2) is 23.8 Å². The van der Waals surface area contributed by atoms with E-state index < -0.39 is 0 Å². The van der Waals surface area contributed by atoms with Crippen molar-refractivity contribution in [3.8, 4) is 11.5 Å². The highest BCUT2D eigenvalue weighted by atomic mass is 32.1. The molecule has 1 N–H and O–H groups in total. The molecule has 96 valence electrons. The van der Waals surface area contributed by atoms with Gasteiger partial charge in [-0.25, -0.2) is 0 Å². The number of methoxy groups -OCH3 is 2. The van der Waals surface area contributed by atoms with Gasteiger partial charge < -0.3 is 14.8 Å². The van der Waals surface area contributed by atoms with Crippen molar-refractivity contribution in [1.82, 2.24) is 9.59 Å². The molecule has 0 aliphatic rings. The van der Waals surface area contributed by atoms with Crippen LogP contribution in [0.4, 0.5) is 5.00 Å². The van der Waals surface area contributed by atoms with Gasteiger partial charge in [0, 0.05) is 23.2 Å². The van der Waals surface area contributed by atoms with E-state index in [1.165, 1.54) is 11.5 Å². The number of rotatable bonds is 5. The quantitative estimate of drug-likeness (QED) is 0.900. The largest absolute Gasteiger partial charge is 0.497 e. The van der Waals surface area contributed by atoms with Crippen LogP contribution in [0.15, 0.2) is 24.4 Å². The van der Waals surface area contributed by atoms with E-state index in [4.69, 9.17) is 9.47 Å². The molecule has 0 spiro atoms. The third-order valence-electron chi connectivity index (χ3n) is 2.63. The lowest BCUT2D eigenvalue weighted by atomic mass is 10.1. The molecule has 0 bridgehead atoms. The minimum Gasteiger partial charge on any atom is -0.497 e. The molecule has 0 aliphatic heterocycles. The Kier molecular flexibility index (Phi) is 3.99. The van der Waals surface area contributed by atoms with E-state index in [9.17, 15) is 0 Å². The molecule has 1 aromatic carbocycles. The van der Waals surface area contributed by atoms with Gasteiger partial charge in [0.25, 0.3) is 0 Å². The number of ether oxygens (including phenoxy) is 2. The third kappa shape index (κ3) is 2.70. The first-order valence-corrected chi connectivity index (χ1v) is 6.27. The van der Waals surface area contributed by atoms with E-state index >= 15 is 0 Å². The Labute approximate surface area is 110 Å². The summed E-state index contributed by atoms with van der Waals surface area (Å²) >= 11 is 1.33. The second-order valence-electron chi connectivity index (χ2n) is 3.76. The predicted octanol–water partition coefficient (Wildman–Crippen LogP) is 2.73. The zero-order chi connectivity index (χ0) is 13.0. The topological polar surface area (TPSA) is 56.3 Å². The van der Waals surface area contributed by atoms with Crippen LogP contribution in [0.3, 0.4) is 0 Å². The highest BCUT2D eigenvalue weighted by Gasteiger charge is 2.13.